The third-order valence-electron chi connectivity index (χ3n) is 10.8. The van der Waals surface area contributed by atoms with Crippen molar-refractivity contribution >= 4 is 47.9 Å². The van der Waals surface area contributed by atoms with Crippen LogP contribution in [-0.4, -0.2) is 161 Å². The second-order valence-corrected chi connectivity index (χ2v) is 21.6. The summed E-state index contributed by atoms with van der Waals surface area (Å²) in [5.74, 6) is -3.06. The van der Waals surface area contributed by atoms with E-state index in [0.29, 0.717) is 23.3 Å². The first-order chi connectivity index (χ1) is 35.4. The van der Waals surface area contributed by atoms with Gasteiger partial charge in [0.25, 0.3) is 0 Å². The molecule has 1 aliphatic rings. The van der Waals surface area contributed by atoms with E-state index in [1.54, 1.807) is 106 Å². The molecule has 0 unspecified atom stereocenters. The molecule has 7 N–H and O–H groups in total. The number of methoxy groups -OCH3 is 1. The number of nitrogens with one attached hydrogen (secondary N) is 7. The average molecular weight is 1070 g/mol. The zero-order valence-corrected chi connectivity index (χ0v) is 46.9. The van der Waals surface area contributed by atoms with E-state index in [1.165, 1.54) is 21.1 Å². The van der Waals surface area contributed by atoms with Crippen molar-refractivity contribution in [3.05, 3.63) is 47.5 Å². The molecule has 0 aromatic heterocycles. The zero-order chi connectivity index (χ0) is 57.1. The summed E-state index contributed by atoms with van der Waals surface area (Å²) < 4.78 is 39.6. The van der Waals surface area contributed by atoms with Crippen molar-refractivity contribution in [2.24, 2.45) is 5.92 Å². The average Bonchev–Trinajstić information content (AvgIpc) is 3.30. The highest BCUT2D eigenvalue weighted by atomic mass is 16.6. The molecule has 0 saturated carbocycles. The van der Waals surface area contributed by atoms with Gasteiger partial charge in [0, 0.05) is 37.7 Å². The molecule has 5 atom stereocenters. The third kappa shape index (κ3) is 21.8. The molecule has 76 heavy (non-hydrogen) atoms. The topological polar surface area (TPSA) is 289 Å². The summed E-state index contributed by atoms with van der Waals surface area (Å²) in [6.45, 7) is 20.9. The lowest BCUT2D eigenvalue weighted by Crippen LogP contribution is -2.57. The minimum atomic E-state index is -1.54. The van der Waals surface area contributed by atoms with Gasteiger partial charge >= 0.3 is 24.2 Å². The monoisotopic (exact) mass is 1070 g/mol. The van der Waals surface area contributed by atoms with Crippen LogP contribution in [0.15, 0.2) is 36.4 Å². The number of nitrogens with zero attached hydrogens (tertiary/aromatic N) is 1. The number of hydrogen-bond acceptors (Lipinski definition) is 16. The smallest absolute Gasteiger partial charge is 0.407 e. The van der Waals surface area contributed by atoms with Crippen molar-refractivity contribution in [3.8, 4) is 22.6 Å². The molecule has 1 aliphatic heterocycles. The molecule has 2 aromatic carbocycles. The maximum absolute atomic E-state index is 15.0. The van der Waals surface area contributed by atoms with Crippen molar-refractivity contribution in [2.45, 2.75) is 143 Å². The van der Waals surface area contributed by atoms with Crippen LogP contribution >= 0.6 is 0 Å². The Morgan fingerprint density at radius 2 is 1.21 bits per heavy atom. The van der Waals surface area contributed by atoms with Crippen molar-refractivity contribution < 1.29 is 71.5 Å². The molecule has 2 aromatic rings. The number of carbonyl (C=O) groups excluding carboxylic acids is 8. The first-order valence-corrected chi connectivity index (χ1v) is 25.4. The highest BCUT2D eigenvalue weighted by molar-refractivity contribution is 5.96. The fourth-order valence-corrected chi connectivity index (χ4v) is 7.37. The second kappa shape index (κ2) is 28.9. The normalized spacial score (nSPS) is 16.8. The van der Waals surface area contributed by atoms with E-state index in [1.807, 2.05) is 13.8 Å². The Morgan fingerprint density at radius 1 is 0.697 bits per heavy atom. The SMILES string of the molecule is CN[C@@H](COCC(C)C)C(=O)N[C@@H](CCNC(=O)OC(C)(C)C)C(=O)N(C)[C@@H]1C(=O)N[C@@H](C)C(=O)N[C@H](C(=O)OC)Cc2ccc(OCCNC(=O)OC(C)(C)C)c(c2)-c2cc1ccc2OCCNC(=O)OC(C)(C)C. The molecular weight excluding hydrogens is 989 g/mol. The van der Waals surface area contributed by atoms with Crippen LogP contribution in [-0.2, 0) is 54.1 Å². The van der Waals surface area contributed by atoms with E-state index < -0.39 is 94.9 Å². The summed E-state index contributed by atoms with van der Waals surface area (Å²) in [6, 6.07) is 3.42. The Morgan fingerprint density at radius 3 is 1.71 bits per heavy atom. The predicted molar refractivity (Wildman–Crippen MR) is 281 cm³/mol. The molecule has 3 rings (SSSR count). The first-order valence-electron chi connectivity index (χ1n) is 25.4. The summed E-state index contributed by atoms with van der Waals surface area (Å²) in [7, 11) is 4.09. The number of ether oxygens (including phenoxy) is 7. The van der Waals surface area contributed by atoms with Gasteiger partial charge in [-0.3, -0.25) is 19.2 Å². The number of fused-ring (bicyclic) bond motifs is 5. The molecule has 7 amide bonds. The van der Waals surface area contributed by atoms with E-state index in [9.17, 15) is 33.6 Å². The number of amides is 7. The van der Waals surface area contributed by atoms with Crippen LogP contribution in [0.2, 0.25) is 0 Å². The number of rotatable bonds is 21. The van der Waals surface area contributed by atoms with Crippen LogP contribution in [0.1, 0.15) is 107 Å². The van der Waals surface area contributed by atoms with Crippen LogP contribution in [0.4, 0.5) is 14.4 Å². The largest absolute Gasteiger partial charge is 0.491 e. The van der Waals surface area contributed by atoms with Crippen molar-refractivity contribution in [2.75, 3.05) is 67.3 Å². The minimum Gasteiger partial charge on any atom is -0.491 e. The third-order valence-corrected chi connectivity index (χ3v) is 10.8. The number of alkyl carbamates (subject to hydrolysis) is 3. The fraction of sp³-hybridized carbons (Fsp3) is 0.623. The fourth-order valence-electron chi connectivity index (χ4n) is 7.37. The molecule has 0 radical (unpaired) electrons. The highest BCUT2D eigenvalue weighted by Crippen LogP contribution is 2.40. The predicted octanol–water partition coefficient (Wildman–Crippen LogP) is 4.04. The van der Waals surface area contributed by atoms with E-state index in [4.69, 9.17) is 33.2 Å². The Kier molecular flexibility index (Phi) is 24.1. The Labute approximate surface area is 446 Å². The Balaban J connectivity index is 2.29. The molecular formula is C53H82N8O15. The van der Waals surface area contributed by atoms with Gasteiger partial charge in [-0.1, -0.05) is 26.0 Å². The van der Waals surface area contributed by atoms with Crippen molar-refractivity contribution in [1.29, 1.82) is 0 Å². The lowest BCUT2D eigenvalue weighted by atomic mass is 9.93. The minimum absolute atomic E-state index is 0.00462. The van der Waals surface area contributed by atoms with Gasteiger partial charge in [-0.25, -0.2) is 19.2 Å². The van der Waals surface area contributed by atoms with Gasteiger partial charge in [-0.15, -0.1) is 0 Å². The van der Waals surface area contributed by atoms with Gasteiger partial charge < -0.3 is 75.3 Å². The van der Waals surface area contributed by atoms with Crippen molar-refractivity contribution in [1.82, 2.24) is 42.1 Å². The van der Waals surface area contributed by atoms with E-state index in [-0.39, 0.29) is 75.3 Å². The van der Waals surface area contributed by atoms with Gasteiger partial charge in [-0.2, -0.15) is 0 Å². The number of carbonyl (C=O) groups is 8. The molecule has 424 valence electrons. The first kappa shape index (κ1) is 63.4. The van der Waals surface area contributed by atoms with E-state index >= 15 is 4.79 Å². The van der Waals surface area contributed by atoms with Crippen molar-refractivity contribution in [3.63, 3.8) is 0 Å². The number of likely N-dealkylation sites (N-methyl/N-ethyl adjacent to an activating group) is 2. The molecule has 4 bridgehead atoms. The Bertz CT molecular complexity index is 2320. The maximum Gasteiger partial charge on any atom is 0.407 e. The van der Waals surface area contributed by atoms with Crippen LogP contribution in [0.25, 0.3) is 11.1 Å². The lowest BCUT2D eigenvalue weighted by molar-refractivity contribution is -0.145. The molecule has 0 spiro atoms. The van der Waals surface area contributed by atoms with Gasteiger partial charge in [0.2, 0.25) is 23.6 Å². The lowest BCUT2D eigenvalue weighted by Gasteiger charge is -2.33. The standard InChI is InChI=1S/C53H82N8O15/c1-31(2)29-71-30-39(54-13)44(63)59-37(20-21-55-48(67)74-51(4,5)6)46(65)61(14)42-34-17-19-41(73-25-23-57-50(69)76-53(10,11)12)36(28-34)35-26-33(16-18-40(35)72-24-22-56-49(68)75-52(7,8)9)27-38(47(66)70-15)60-43(62)32(3)58-45(42)64/h16-19,26,28,31-32,37-39,42,54H,20-25,27,29-30H2,1-15H3,(H,55,67)(H,56,68)(H,57,69)(H,58,64)(H,59,63)(H,60,62)/t32-,37-,38-,39-,42-/m0/s1. The van der Waals surface area contributed by atoms with Gasteiger partial charge in [0.15, 0.2) is 0 Å². The van der Waals surface area contributed by atoms with E-state index in [0.717, 1.165) is 4.90 Å². The van der Waals surface area contributed by atoms with Gasteiger partial charge in [0.05, 0.1) is 26.8 Å². The van der Waals surface area contributed by atoms with Crippen LogP contribution in [0.3, 0.4) is 0 Å². The Hall–Kier alpha value is -6.88. The quantitative estimate of drug-likeness (QED) is 0.0528. The number of benzene rings is 2. The van der Waals surface area contributed by atoms with Crippen LogP contribution in [0, 0.1) is 5.92 Å². The molecule has 0 fully saturated rings. The zero-order valence-electron chi connectivity index (χ0n) is 46.9. The highest BCUT2D eigenvalue weighted by Gasteiger charge is 2.37. The number of esters is 1. The summed E-state index contributed by atoms with van der Waals surface area (Å²) in [4.78, 5) is 110. The van der Waals surface area contributed by atoms with Gasteiger partial charge in [0.1, 0.15) is 71.7 Å². The number of hydrogen-bond donors (Lipinski definition) is 7. The van der Waals surface area contributed by atoms with Crippen LogP contribution in [0.5, 0.6) is 11.5 Å². The molecule has 23 heteroatoms. The second-order valence-electron chi connectivity index (χ2n) is 21.6. The molecule has 0 saturated heterocycles. The summed E-state index contributed by atoms with van der Waals surface area (Å²) >= 11 is 0. The maximum atomic E-state index is 15.0. The van der Waals surface area contributed by atoms with E-state index in [2.05, 4.69) is 37.2 Å². The summed E-state index contributed by atoms with van der Waals surface area (Å²) in [5, 5.41) is 19.0. The summed E-state index contributed by atoms with van der Waals surface area (Å²) in [6.07, 6.45) is -2.33. The molecule has 23 nitrogen and oxygen atoms in total. The van der Waals surface area contributed by atoms with Gasteiger partial charge in [-0.05, 0) is 124 Å². The van der Waals surface area contributed by atoms with Crippen LogP contribution < -0.4 is 46.7 Å². The summed E-state index contributed by atoms with van der Waals surface area (Å²) in [5.41, 5.74) is -0.940. The molecule has 1 heterocycles. The molecule has 0 aliphatic carbocycles.